The summed E-state index contributed by atoms with van der Waals surface area (Å²) in [4.78, 5) is 55.7. The number of nitrogens with zero attached hydrogens (tertiary/aromatic N) is 3. The zero-order valence-corrected chi connectivity index (χ0v) is 29.1. The van der Waals surface area contributed by atoms with E-state index in [-0.39, 0.29) is 31.2 Å². The second kappa shape index (κ2) is 14.0. The van der Waals surface area contributed by atoms with Crippen molar-refractivity contribution in [1.82, 2.24) is 30.5 Å². The highest BCUT2D eigenvalue weighted by molar-refractivity contribution is 7.91. The molecule has 50 heavy (non-hydrogen) atoms. The molecule has 4 N–H and O–H groups in total. The lowest BCUT2D eigenvalue weighted by Crippen LogP contribution is -2.59. The van der Waals surface area contributed by atoms with Gasteiger partial charge in [0.25, 0.3) is 5.91 Å². The minimum absolute atomic E-state index is 0.0170. The Labute approximate surface area is 290 Å². The molecule has 4 aliphatic rings. The summed E-state index contributed by atoms with van der Waals surface area (Å²) in [6, 6.07) is 2.92. The van der Waals surface area contributed by atoms with Crippen LogP contribution < -0.4 is 24.8 Å². The van der Waals surface area contributed by atoms with Gasteiger partial charge in [0, 0.05) is 23.8 Å². The highest BCUT2D eigenvalue weighted by Gasteiger charge is 2.62. The Bertz CT molecular complexity index is 1800. The zero-order valence-electron chi connectivity index (χ0n) is 28.3. The van der Waals surface area contributed by atoms with Crippen molar-refractivity contribution in [2.45, 2.75) is 94.2 Å². The van der Waals surface area contributed by atoms with E-state index >= 15 is 0 Å². The molecule has 3 heterocycles. The number of aromatic nitrogens is 2. The quantitative estimate of drug-likeness (QED) is 0.293. The fourth-order valence-electron chi connectivity index (χ4n) is 7.27. The molecular formula is C34H44N6O9S. The minimum atomic E-state index is -3.90. The Morgan fingerprint density at radius 3 is 2.66 bits per heavy atom. The summed E-state index contributed by atoms with van der Waals surface area (Å²) in [7, 11) is -2.37. The van der Waals surface area contributed by atoms with E-state index in [4.69, 9.17) is 9.47 Å². The summed E-state index contributed by atoms with van der Waals surface area (Å²) in [5.41, 5.74) is -1.01. The van der Waals surface area contributed by atoms with Gasteiger partial charge in [0.05, 0.1) is 25.1 Å². The molecule has 1 saturated heterocycles. The Hall–Kier alpha value is -4.47. The van der Waals surface area contributed by atoms with Gasteiger partial charge in [-0.1, -0.05) is 32.4 Å². The molecule has 7 atom stereocenters. The number of amides is 4. The van der Waals surface area contributed by atoms with Crippen LogP contribution in [0.4, 0.5) is 4.79 Å². The number of carboxylic acid groups (broad SMARTS) is 1. The smallest absolute Gasteiger partial charge is 0.405 e. The molecule has 0 unspecified atom stereocenters. The second-order valence-electron chi connectivity index (χ2n) is 14.0. The van der Waals surface area contributed by atoms with Gasteiger partial charge in [0.2, 0.25) is 21.8 Å². The van der Waals surface area contributed by atoms with E-state index in [2.05, 4.69) is 25.6 Å². The van der Waals surface area contributed by atoms with Crippen LogP contribution in [0, 0.1) is 17.8 Å². The molecule has 270 valence electrons. The van der Waals surface area contributed by atoms with Crippen LogP contribution in [0.3, 0.4) is 0 Å². The molecule has 0 radical (unpaired) electrons. The maximum atomic E-state index is 14.4. The predicted molar refractivity (Wildman–Crippen MR) is 181 cm³/mol. The van der Waals surface area contributed by atoms with Crippen LogP contribution >= 0.6 is 0 Å². The summed E-state index contributed by atoms with van der Waals surface area (Å²) in [6.45, 7) is 3.89. The highest BCUT2D eigenvalue weighted by Crippen LogP contribution is 2.46. The molecule has 2 aliphatic carbocycles. The number of hydrogen-bond donors (Lipinski definition) is 4. The molecule has 2 aliphatic heterocycles. The number of nitrogens with one attached hydrogen (secondary N) is 3. The summed E-state index contributed by atoms with van der Waals surface area (Å²) in [5, 5.41) is 23.3. The van der Waals surface area contributed by atoms with E-state index in [0.29, 0.717) is 54.5 Å². The number of benzene rings is 1. The highest BCUT2D eigenvalue weighted by atomic mass is 32.2. The lowest BCUT2D eigenvalue weighted by Gasteiger charge is -2.33. The Morgan fingerprint density at radius 2 is 1.96 bits per heavy atom. The SMILES string of the molecule is CC[C@@H]1C[C@H](C)CCC=C[C@@H]2C[C@@]2(C(=O)NS(=O)(=O)C2CC2)NC(=O)[C@@H]2C[C@@H](Oc3cnnc4cc(OC)ccc34)CN2C(=O)[C@H]1NC(=O)O. The Balaban J connectivity index is 1.34. The van der Waals surface area contributed by atoms with Crippen molar-refractivity contribution in [3.05, 3.63) is 36.5 Å². The van der Waals surface area contributed by atoms with E-state index < -0.39 is 68.7 Å². The normalized spacial score (nSPS) is 30.3. The number of allylic oxidation sites excluding steroid dienone is 1. The van der Waals surface area contributed by atoms with Gasteiger partial charge in [0.15, 0.2) is 0 Å². The molecule has 1 aromatic carbocycles. The first kappa shape index (κ1) is 35.4. The number of hydrogen-bond acceptors (Lipinski definition) is 10. The summed E-state index contributed by atoms with van der Waals surface area (Å²) in [6.07, 6.45) is 6.77. The summed E-state index contributed by atoms with van der Waals surface area (Å²) < 4.78 is 39.4. The molecule has 1 aromatic heterocycles. The first-order chi connectivity index (χ1) is 23.8. The maximum absolute atomic E-state index is 14.4. The monoisotopic (exact) mass is 712 g/mol. The van der Waals surface area contributed by atoms with Crippen molar-refractivity contribution >= 4 is 44.7 Å². The molecule has 2 aromatic rings. The predicted octanol–water partition coefficient (Wildman–Crippen LogP) is 2.51. The topological polar surface area (TPSA) is 206 Å². The van der Waals surface area contributed by atoms with Gasteiger partial charge in [-0.15, -0.1) is 0 Å². The van der Waals surface area contributed by atoms with E-state index in [9.17, 15) is 32.7 Å². The fraction of sp³-hybridized carbons (Fsp3) is 0.588. The van der Waals surface area contributed by atoms with E-state index in [0.717, 1.165) is 6.42 Å². The molecule has 4 amide bonds. The van der Waals surface area contributed by atoms with Gasteiger partial charge >= 0.3 is 6.09 Å². The number of sulfonamides is 1. The summed E-state index contributed by atoms with van der Waals surface area (Å²) >= 11 is 0. The molecule has 6 rings (SSSR count). The van der Waals surface area contributed by atoms with Crippen LogP contribution in [-0.4, -0.2) is 95.1 Å². The average molecular weight is 713 g/mol. The Morgan fingerprint density at radius 1 is 1.18 bits per heavy atom. The number of fused-ring (bicyclic) bond motifs is 3. The van der Waals surface area contributed by atoms with Crippen LogP contribution in [0.2, 0.25) is 0 Å². The van der Waals surface area contributed by atoms with Crippen LogP contribution in [0.5, 0.6) is 11.5 Å². The third-order valence-electron chi connectivity index (χ3n) is 10.4. The van der Waals surface area contributed by atoms with Crippen molar-refractivity contribution in [2.24, 2.45) is 17.8 Å². The van der Waals surface area contributed by atoms with Crippen molar-refractivity contribution in [3.63, 3.8) is 0 Å². The number of methoxy groups -OCH3 is 1. The van der Waals surface area contributed by atoms with E-state index in [1.807, 2.05) is 26.0 Å². The molecular weight excluding hydrogens is 668 g/mol. The minimum Gasteiger partial charge on any atom is -0.497 e. The maximum Gasteiger partial charge on any atom is 0.405 e. The van der Waals surface area contributed by atoms with E-state index in [1.54, 1.807) is 18.2 Å². The lowest BCUT2D eigenvalue weighted by molar-refractivity contribution is -0.142. The number of rotatable bonds is 8. The van der Waals surface area contributed by atoms with Gasteiger partial charge in [-0.25, -0.2) is 13.2 Å². The van der Waals surface area contributed by atoms with Gasteiger partial charge in [-0.3, -0.25) is 19.1 Å². The van der Waals surface area contributed by atoms with Crippen molar-refractivity contribution in [2.75, 3.05) is 13.7 Å². The van der Waals surface area contributed by atoms with Crippen molar-refractivity contribution < 1.29 is 42.2 Å². The largest absolute Gasteiger partial charge is 0.497 e. The van der Waals surface area contributed by atoms with Gasteiger partial charge in [-0.2, -0.15) is 10.2 Å². The molecule has 3 fully saturated rings. The zero-order chi connectivity index (χ0) is 35.8. The Kier molecular flexibility index (Phi) is 9.93. The average Bonchev–Trinajstić information content (AvgIpc) is 4.01. The first-order valence-corrected chi connectivity index (χ1v) is 18.7. The first-order valence-electron chi connectivity index (χ1n) is 17.2. The molecule has 2 saturated carbocycles. The number of ether oxygens (including phenoxy) is 2. The van der Waals surface area contributed by atoms with Crippen LogP contribution in [-0.2, 0) is 24.4 Å². The summed E-state index contributed by atoms with van der Waals surface area (Å²) in [5.74, 6) is -1.77. The van der Waals surface area contributed by atoms with Crippen molar-refractivity contribution in [1.29, 1.82) is 0 Å². The lowest BCUT2D eigenvalue weighted by atomic mass is 9.85. The van der Waals surface area contributed by atoms with Gasteiger partial charge < -0.3 is 30.1 Å². The molecule has 16 heteroatoms. The molecule has 0 bridgehead atoms. The van der Waals surface area contributed by atoms with Crippen molar-refractivity contribution in [3.8, 4) is 11.5 Å². The third kappa shape index (κ3) is 7.35. The molecule has 15 nitrogen and oxygen atoms in total. The van der Waals surface area contributed by atoms with Crippen LogP contribution in [0.25, 0.3) is 10.9 Å². The van der Waals surface area contributed by atoms with Crippen LogP contribution in [0.15, 0.2) is 36.5 Å². The van der Waals surface area contributed by atoms with Crippen LogP contribution in [0.1, 0.15) is 65.2 Å². The fourth-order valence-corrected chi connectivity index (χ4v) is 8.63. The van der Waals surface area contributed by atoms with Gasteiger partial charge in [-0.05, 0) is 62.5 Å². The second-order valence-corrected chi connectivity index (χ2v) is 15.9. The molecule has 0 spiro atoms. The third-order valence-corrected chi connectivity index (χ3v) is 12.2. The van der Waals surface area contributed by atoms with E-state index in [1.165, 1.54) is 18.2 Å². The standard InChI is InChI=1S/C34H44N6O9S/c1-4-20-13-19(2)7-5-6-8-21-16-34(21,32(43)39-50(46,47)24-10-11-24)37-30(41)27-15-23(18-40(27)31(42)29(20)36-33(44)45)49-28-17-35-38-26-14-22(48-3)9-12-25(26)28/h6,8-9,12,14,17,19-21,23-24,27,29,36H,4-5,7,10-11,13,15-16,18H2,1-3H3,(H,37,41)(H,39,43)(H,44,45)/t19-,20-,21-,23-,27+,29+,34-/m1/s1. The number of carbonyl (C=O) groups excluding carboxylic acids is 3. The van der Waals surface area contributed by atoms with Gasteiger partial charge in [0.1, 0.15) is 40.7 Å². The number of carbonyl (C=O) groups is 4.